The smallest absolute Gasteiger partial charge is 0.476 e. The maximum Gasteiger partial charge on any atom is 0.586 e. The number of carbonyl (C=O) groups is 1. The minimum absolute atomic E-state index is 0.247. The van der Waals surface area contributed by atoms with Crippen molar-refractivity contribution in [2.45, 2.75) is 6.29 Å². The van der Waals surface area contributed by atoms with Crippen LogP contribution in [-0.2, 0) is 0 Å². The number of nitrogens with zero attached hydrogens (tertiary/aromatic N) is 1. The Morgan fingerprint density at radius 2 is 2.04 bits per heavy atom. The van der Waals surface area contributed by atoms with Crippen molar-refractivity contribution in [2.75, 3.05) is 5.73 Å². The molecule has 23 heavy (non-hydrogen) atoms. The van der Waals surface area contributed by atoms with Gasteiger partial charge in [-0.2, -0.15) is 0 Å². The Balaban J connectivity index is 2.26. The molecule has 3 rings (SSSR count). The van der Waals surface area contributed by atoms with E-state index in [2.05, 4.69) is 14.5 Å². The fourth-order valence-corrected chi connectivity index (χ4v) is 2.24. The summed E-state index contributed by atoms with van der Waals surface area (Å²) in [5.74, 6) is -3.55. The van der Waals surface area contributed by atoms with Gasteiger partial charge in [0.05, 0.1) is 10.7 Å². The van der Waals surface area contributed by atoms with Gasteiger partial charge in [-0.3, -0.25) is 0 Å². The third-order valence-corrected chi connectivity index (χ3v) is 3.38. The van der Waals surface area contributed by atoms with Gasteiger partial charge in [0.25, 0.3) is 0 Å². The van der Waals surface area contributed by atoms with Crippen molar-refractivity contribution in [3.05, 3.63) is 34.7 Å². The molecule has 1 aliphatic heterocycles. The molecule has 0 atom stereocenters. The molecule has 10 heteroatoms. The summed E-state index contributed by atoms with van der Waals surface area (Å²) in [6, 6.07) is 3.66. The molecule has 1 aromatic carbocycles. The highest BCUT2D eigenvalue weighted by Crippen LogP contribution is 2.47. The maximum atomic E-state index is 14.3. The van der Waals surface area contributed by atoms with Crippen LogP contribution in [0.4, 0.5) is 18.9 Å². The zero-order valence-corrected chi connectivity index (χ0v) is 11.7. The van der Waals surface area contributed by atoms with E-state index in [0.29, 0.717) is 0 Å². The van der Waals surface area contributed by atoms with Gasteiger partial charge < -0.3 is 20.3 Å². The van der Waals surface area contributed by atoms with Gasteiger partial charge in [0.15, 0.2) is 23.0 Å². The lowest BCUT2D eigenvalue weighted by Crippen LogP contribution is -2.26. The molecule has 2 aromatic rings. The molecule has 0 aliphatic carbocycles. The monoisotopic (exact) mass is 346 g/mol. The molecule has 6 nitrogen and oxygen atoms in total. The topological polar surface area (TPSA) is 94.7 Å². The highest BCUT2D eigenvalue weighted by molar-refractivity contribution is 6.35. The molecule has 2 heterocycles. The quantitative estimate of drug-likeness (QED) is 0.867. The highest BCUT2D eigenvalue weighted by Gasteiger charge is 2.45. The van der Waals surface area contributed by atoms with Crippen LogP contribution in [0.1, 0.15) is 10.5 Å². The van der Waals surface area contributed by atoms with Crippen molar-refractivity contribution >= 4 is 23.3 Å². The Morgan fingerprint density at radius 3 is 2.70 bits per heavy atom. The van der Waals surface area contributed by atoms with Gasteiger partial charge in [0.2, 0.25) is 0 Å². The average Bonchev–Trinajstić information content (AvgIpc) is 2.78. The summed E-state index contributed by atoms with van der Waals surface area (Å²) < 4.78 is 49.2. The first-order chi connectivity index (χ1) is 10.7. The lowest BCUT2D eigenvalue weighted by Gasteiger charge is -2.11. The number of carboxylic acid groups (broad SMARTS) is 1. The Kier molecular flexibility index (Phi) is 3.25. The number of pyridine rings is 1. The van der Waals surface area contributed by atoms with E-state index in [0.717, 1.165) is 0 Å². The molecule has 0 amide bonds. The van der Waals surface area contributed by atoms with Crippen LogP contribution < -0.4 is 15.2 Å². The Morgan fingerprint density at radius 1 is 1.35 bits per heavy atom. The summed E-state index contributed by atoms with van der Waals surface area (Å²) in [5.41, 5.74) is 3.20. The van der Waals surface area contributed by atoms with E-state index in [1.54, 1.807) is 0 Å². The first kappa shape index (κ1) is 15.2. The third kappa shape index (κ3) is 2.38. The van der Waals surface area contributed by atoms with Gasteiger partial charge in [0.1, 0.15) is 5.69 Å². The summed E-state index contributed by atoms with van der Waals surface area (Å²) in [4.78, 5) is 14.7. The van der Waals surface area contributed by atoms with Gasteiger partial charge >= 0.3 is 12.3 Å². The molecular formula is C13H6ClF3N2O4. The SMILES string of the molecule is Nc1c(F)c(-c2cccc3c2OC(F)(F)O3)nc(C(=O)O)c1Cl. The van der Waals surface area contributed by atoms with E-state index in [1.165, 1.54) is 18.2 Å². The van der Waals surface area contributed by atoms with Crippen LogP contribution in [0.25, 0.3) is 11.3 Å². The van der Waals surface area contributed by atoms with Crippen LogP contribution in [0.2, 0.25) is 5.02 Å². The number of anilines is 1. The number of aromatic carboxylic acids is 1. The van der Waals surface area contributed by atoms with Crippen LogP contribution in [-0.4, -0.2) is 22.4 Å². The molecule has 0 spiro atoms. The summed E-state index contributed by atoms with van der Waals surface area (Å²) in [6.07, 6.45) is -3.93. The molecular weight excluding hydrogens is 341 g/mol. The van der Waals surface area contributed by atoms with Crippen molar-refractivity contribution in [1.29, 1.82) is 0 Å². The fourth-order valence-electron chi connectivity index (χ4n) is 2.04. The fraction of sp³-hybridized carbons (Fsp3) is 0.0769. The van der Waals surface area contributed by atoms with Gasteiger partial charge in [-0.15, -0.1) is 8.78 Å². The predicted octanol–water partition coefficient (Wildman–Crippen LogP) is 3.14. The number of halogens is 4. The molecule has 3 N–H and O–H groups in total. The average molecular weight is 347 g/mol. The van der Waals surface area contributed by atoms with E-state index < -0.39 is 45.9 Å². The Hall–Kier alpha value is -2.68. The minimum atomic E-state index is -3.93. The molecule has 0 radical (unpaired) electrons. The third-order valence-electron chi connectivity index (χ3n) is 3.00. The molecule has 0 saturated carbocycles. The largest absolute Gasteiger partial charge is 0.586 e. The first-order valence-electron chi connectivity index (χ1n) is 5.98. The zero-order valence-electron chi connectivity index (χ0n) is 10.9. The van der Waals surface area contributed by atoms with Crippen molar-refractivity contribution in [3.8, 4) is 22.8 Å². The molecule has 0 unspecified atom stereocenters. The second-order valence-electron chi connectivity index (χ2n) is 4.46. The number of aromatic nitrogens is 1. The van der Waals surface area contributed by atoms with E-state index in [4.69, 9.17) is 22.4 Å². The number of alkyl halides is 2. The summed E-state index contributed by atoms with van der Waals surface area (Å²) in [6.45, 7) is 0. The first-order valence-corrected chi connectivity index (χ1v) is 6.36. The number of hydrogen-bond acceptors (Lipinski definition) is 5. The number of ether oxygens (including phenoxy) is 2. The van der Waals surface area contributed by atoms with Gasteiger partial charge in [-0.1, -0.05) is 17.7 Å². The minimum Gasteiger partial charge on any atom is -0.476 e. The van der Waals surface area contributed by atoms with E-state index in [9.17, 15) is 18.0 Å². The van der Waals surface area contributed by atoms with E-state index in [-0.39, 0.29) is 11.3 Å². The molecule has 0 fully saturated rings. The number of rotatable bonds is 2. The van der Waals surface area contributed by atoms with Gasteiger partial charge in [-0.25, -0.2) is 14.2 Å². The number of fused-ring (bicyclic) bond motifs is 1. The Labute approximate surface area is 131 Å². The number of nitrogen functional groups attached to an aromatic ring is 1. The van der Waals surface area contributed by atoms with Crippen molar-refractivity contribution in [2.24, 2.45) is 0 Å². The standard InChI is InChI=1S/C13H6ClF3N2O4/c14-6-8(18)7(15)9(19-10(6)12(20)21)4-2-1-3-5-11(4)23-13(16,17)22-5/h1-3H,(H2,18,19)(H,20,21). The van der Waals surface area contributed by atoms with Crippen LogP contribution in [0, 0.1) is 5.82 Å². The van der Waals surface area contributed by atoms with Crippen LogP contribution in [0.5, 0.6) is 11.5 Å². The van der Waals surface area contributed by atoms with Crippen molar-refractivity contribution in [3.63, 3.8) is 0 Å². The number of para-hydroxylation sites is 1. The molecule has 0 saturated heterocycles. The lowest BCUT2D eigenvalue weighted by atomic mass is 10.1. The van der Waals surface area contributed by atoms with E-state index in [1.807, 2.05) is 0 Å². The lowest BCUT2D eigenvalue weighted by molar-refractivity contribution is -0.286. The highest BCUT2D eigenvalue weighted by atomic mass is 35.5. The summed E-state index contributed by atoms with van der Waals surface area (Å²) >= 11 is 5.63. The summed E-state index contributed by atoms with van der Waals surface area (Å²) in [7, 11) is 0. The summed E-state index contributed by atoms with van der Waals surface area (Å²) in [5, 5.41) is 8.44. The molecule has 0 bridgehead atoms. The van der Waals surface area contributed by atoms with Crippen molar-refractivity contribution in [1.82, 2.24) is 4.98 Å². The van der Waals surface area contributed by atoms with Gasteiger partial charge in [-0.05, 0) is 12.1 Å². The second kappa shape index (κ2) is 4.92. The number of hydrogen-bond donors (Lipinski definition) is 2. The van der Waals surface area contributed by atoms with Gasteiger partial charge in [0, 0.05) is 5.56 Å². The number of carboxylic acids is 1. The maximum absolute atomic E-state index is 14.3. The second-order valence-corrected chi connectivity index (χ2v) is 4.83. The van der Waals surface area contributed by atoms with Crippen molar-refractivity contribution < 1.29 is 32.5 Å². The van der Waals surface area contributed by atoms with Crippen LogP contribution >= 0.6 is 11.6 Å². The van der Waals surface area contributed by atoms with E-state index >= 15 is 0 Å². The predicted molar refractivity (Wildman–Crippen MR) is 72.2 cm³/mol. The van der Waals surface area contributed by atoms with Crippen LogP contribution in [0.15, 0.2) is 18.2 Å². The Bertz CT molecular complexity index is 844. The molecule has 1 aliphatic rings. The zero-order chi connectivity index (χ0) is 16.9. The molecule has 1 aromatic heterocycles. The number of benzene rings is 1. The normalized spacial score (nSPS) is 14.8. The number of nitrogens with two attached hydrogens (primary N) is 1. The molecule has 120 valence electrons. The van der Waals surface area contributed by atoms with Crippen LogP contribution in [0.3, 0.4) is 0 Å².